The fourth-order valence-corrected chi connectivity index (χ4v) is 4.15. The SMILES string of the molecule is CN=C(NCCS(=O)(=O)c1ccccc1)N1CC(C)C(C(=O)OC)C1.I. The molecule has 0 saturated carbocycles. The third-order valence-corrected chi connectivity index (χ3v) is 6.12. The second kappa shape index (κ2) is 10.1. The summed E-state index contributed by atoms with van der Waals surface area (Å²) in [5, 5.41) is 3.08. The van der Waals surface area contributed by atoms with Crippen LogP contribution in [0.25, 0.3) is 0 Å². The number of esters is 1. The van der Waals surface area contributed by atoms with Crippen LogP contribution >= 0.6 is 24.0 Å². The number of sulfone groups is 1. The Hall–Kier alpha value is -1.36. The molecule has 2 unspecified atom stereocenters. The summed E-state index contributed by atoms with van der Waals surface area (Å²) < 4.78 is 29.4. The number of likely N-dealkylation sites (tertiary alicyclic amines) is 1. The van der Waals surface area contributed by atoms with E-state index in [1.807, 2.05) is 11.8 Å². The van der Waals surface area contributed by atoms with Crippen LogP contribution in [0.2, 0.25) is 0 Å². The van der Waals surface area contributed by atoms with Crippen LogP contribution in [0.15, 0.2) is 40.2 Å². The summed E-state index contributed by atoms with van der Waals surface area (Å²) >= 11 is 0. The lowest BCUT2D eigenvalue weighted by Gasteiger charge is -2.21. The molecule has 1 N–H and O–H groups in total. The first-order valence-electron chi connectivity index (χ1n) is 8.20. The van der Waals surface area contributed by atoms with Gasteiger partial charge in [0.2, 0.25) is 0 Å². The molecule has 1 aromatic carbocycles. The van der Waals surface area contributed by atoms with E-state index in [2.05, 4.69) is 10.3 Å². The molecule has 2 atom stereocenters. The highest BCUT2D eigenvalue weighted by Gasteiger charge is 2.36. The Labute approximate surface area is 172 Å². The summed E-state index contributed by atoms with van der Waals surface area (Å²) in [6.45, 7) is 3.43. The molecular formula is C17H26IN3O4S. The summed E-state index contributed by atoms with van der Waals surface area (Å²) in [6, 6.07) is 8.38. The van der Waals surface area contributed by atoms with Gasteiger partial charge in [-0.25, -0.2) is 8.42 Å². The molecule has 146 valence electrons. The van der Waals surface area contributed by atoms with Crippen molar-refractivity contribution in [2.24, 2.45) is 16.8 Å². The van der Waals surface area contributed by atoms with Gasteiger partial charge in [-0.2, -0.15) is 0 Å². The van der Waals surface area contributed by atoms with Crippen LogP contribution in [0.5, 0.6) is 0 Å². The highest BCUT2D eigenvalue weighted by Crippen LogP contribution is 2.24. The van der Waals surface area contributed by atoms with Gasteiger partial charge in [0.15, 0.2) is 15.8 Å². The van der Waals surface area contributed by atoms with E-state index < -0.39 is 9.84 Å². The summed E-state index contributed by atoms with van der Waals surface area (Å²) in [5.74, 6) is 0.300. The molecule has 1 aliphatic heterocycles. The quantitative estimate of drug-likeness (QED) is 0.288. The Morgan fingerprint density at radius 2 is 1.96 bits per heavy atom. The highest BCUT2D eigenvalue weighted by atomic mass is 127. The fraction of sp³-hybridized carbons (Fsp3) is 0.529. The van der Waals surface area contributed by atoms with Crippen molar-refractivity contribution in [3.05, 3.63) is 30.3 Å². The van der Waals surface area contributed by atoms with Crippen molar-refractivity contribution in [1.29, 1.82) is 0 Å². The Morgan fingerprint density at radius 3 is 2.54 bits per heavy atom. The molecule has 2 rings (SSSR count). The third kappa shape index (κ3) is 5.57. The number of hydrogen-bond acceptors (Lipinski definition) is 5. The zero-order valence-electron chi connectivity index (χ0n) is 15.2. The Morgan fingerprint density at radius 1 is 1.31 bits per heavy atom. The topological polar surface area (TPSA) is 88.1 Å². The molecule has 1 aliphatic rings. The van der Waals surface area contributed by atoms with E-state index in [-0.39, 0.29) is 54.1 Å². The molecular weight excluding hydrogens is 469 g/mol. The van der Waals surface area contributed by atoms with Crippen LogP contribution in [-0.4, -0.2) is 64.8 Å². The first kappa shape index (κ1) is 22.7. The number of hydrogen-bond donors (Lipinski definition) is 1. The van der Waals surface area contributed by atoms with Gasteiger partial charge in [-0.1, -0.05) is 25.1 Å². The Bertz CT molecular complexity index is 725. The molecule has 7 nitrogen and oxygen atoms in total. The minimum Gasteiger partial charge on any atom is -0.469 e. The molecule has 0 bridgehead atoms. The maximum absolute atomic E-state index is 12.3. The fourth-order valence-electron chi connectivity index (χ4n) is 2.97. The van der Waals surface area contributed by atoms with Crippen LogP contribution in [0.4, 0.5) is 0 Å². The number of ether oxygens (including phenoxy) is 1. The van der Waals surface area contributed by atoms with Gasteiger partial charge < -0.3 is 15.0 Å². The smallest absolute Gasteiger partial charge is 0.310 e. The average Bonchev–Trinajstić information content (AvgIpc) is 3.00. The second-order valence-electron chi connectivity index (χ2n) is 6.12. The van der Waals surface area contributed by atoms with Crippen molar-refractivity contribution in [2.75, 3.05) is 39.5 Å². The third-order valence-electron chi connectivity index (χ3n) is 4.38. The number of rotatable bonds is 5. The van der Waals surface area contributed by atoms with Crippen molar-refractivity contribution in [3.63, 3.8) is 0 Å². The number of halogens is 1. The van der Waals surface area contributed by atoms with Crippen molar-refractivity contribution in [2.45, 2.75) is 11.8 Å². The lowest BCUT2D eigenvalue weighted by Crippen LogP contribution is -2.42. The number of aliphatic imine (C=N–C) groups is 1. The molecule has 0 aliphatic carbocycles. The number of guanidine groups is 1. The second-order valence-corrected chi connectivity index (χ2v) is 8.23. The molecule has 1 aromatic rings. The van der Waals surface area contributed by atoms with Gasteiger partial charge in [-0.3, -0.25) is 9.79 Å². The molecule has 0 radical (unpaired) electrons. The lowest BCUT2D eigenvalue weighted by atomic mass is 9.99. The zero-order valence-corrected chi connectivity index (χ0v) is 18.4. The van der Waals surface area contributed by atoms with Gasteiger partial charge >= 0.3 is 5.97 Å². The number of carbonyl (C=O) groups is 1. The predicted octanol–water partition coefficient (Wildman–Crippen LogP) is 1.39. The van der Waals surface area contributed by atoms with E-state index in [9.17, 15) is 13.2 Å². The van der Waals surface area contributed by atoms with Crippen molar-refractivity contribution in [1.82, 2.24) is 10.2 Å². The van der Waals surface area contributed by atoms with E-state index in [0.29, 0.717) is 23.9 Å². The average molecular weight is 495 g/mol. The van der Waals surface area contributed by atoms with Crippen LogP contribution in [-0.2, 0) is 19.4 Å². The number of nitrogens with one attached hydrogen (secondary N) is 1. The minimum absolute atomic E-state index is 0. The number of methoxy groups -OCH3 is 1. The van der Waals surface area contributed by atoms with E-state index in [1.54, 1.807) is 37.4 Å². The first-order valence-corrected chi connectivity index (χ1v) is 9.85. The summed E-state index contributed by atoms with van der Waals surface area (Å²) in [6.07, 6.45) is 0. The number of carbonyl (C=O) groups excluding carboxylic acids is 1. The standard InChI is InChI=1S/C17H25N3O4S.HI/c1-13-11-20(12-15(13)16(21)24-3)17(18-2)19-9-10-25(22,23)14-7-5-4-6-8-14;/h4-8,13,15H,9-12H2,1-3H3,(H,18,19);1H. The van der Waals surface area contributed by atoms with Gasteiger partial charge in [-0.05, 0) is 18.1 Å². The Balaban J connectivity index is 0.00000338. The van der Waals surface area contributed by atoms with Crippen LogP contribution in [0, 0.1) is 11.8 Å². The van der Waals surface area contributed by atoms with E-state index in [0.717, 1.165) is 0 Å². The zero-order chi connectivity index (χ0) is 18.4. The van der Waals surface area contributed by atoms with Crippen LogP contribution in [0.1, 0.15) is 6.92 Å². The molecule has 26 heavy (non-hydrogen) atoms. The predicted molar refractivity (Wildman–Crippen MR) is 112 cm³/mol. The molecule has 0 amide bonds. The number of benzene rings is 1. The monoisotopic (exact) mass is 495 g/mol. The van der Waals surface area contributed by atoms with E-state index in [1.165, 1.54) is 7.11 Å². The van der Waals surface area contributed by atoms with Crippen LogP contribution < -0.4 is 5.32 Å². The largest absolute Gasteiger partial charge is 0.469 e. The molecule has 1 fully saturated rings. The van der Waals surface area contributed by atoms with Crippen molar-refractivity contribution >= 4 is 45.7 Å². The maximum atomic E-state index is 12.3. The first-order chi connectivity index (χ1) is 11.9. The van der Waals surface area contributed by atoms with Crippen LogP contribution in [0.3, 0.4) is 0 Å². The molecule has 0 aromatic heterocycles. The van der Waals surface area contributed by atoms with Gasteiger partial charge in [0, 0.05) is 26.7 Å². The molecule has 1 heterocycles. The van der Waals surface area contributed by atoms with Gasteiger partial charge in [0.25, 0.3) is 0 Å². The van der Waals surface area contributed by atoms with E-state index >= 15 is 0 Å². The lowest BCUT2D eigenvalue weighted by molar-refractivity contribution is -0.145. The minimum atomic E-state index is -3.34. The summed E-state index contributed by atoms with van der Waals surface area (Å²) in [4.78, 5) is 18.3. The molecule has 0 spiro atoms. The van der Waals surface area contributed by atoms with Gasteiger partial charge in [-0.15, -0.1) is 24.0 Å². The van der Waals surface area contributed by atoms with E-state index in [4.69, 9.17) is 4.74 Å². The highest BCUT2D eigenvalue weighted by molar-refractivity contribution is 14.0. The van der Waals surface area contributed by atoms with Crippen molar-refractivity contribution in [3.8, 4) is 0 Å². The Kier molecular flexibility index (Phi) is 8.81. The van der Waals surface area contributed by atoms with Crippen molar-refractivity contribution < 1.29 is 17.9 Å². The number of nitrogens with zero attached hydrogens (tertiary/aromatic N) is 2. The maximum Gasteiger partial charge on any atom is 0.310 e. The normalized spacial score (nSPS) is 20.4. The molecule has 1 saturated heterocycles. The molecule has 9 heteroatoms. The summed E-state index contributed by atoms with van der Waals surface area (Å²) in [5.41, 5.74) is 0. The van der Waals surface area contributed by atoms with Gasteiger partial charge in [0.05, 0.1) is 23.7 Å². The summed E-state index contributed by atoms with van der Waals surface area (Å²) in [7, 11) is -0.306. The van der Waals surface area contributed by atoms with Gasteiger partial charge in [0.1, 0.15) is 0 Å².